The Kier molecular flexibility index (Phi) is 5.59. The number of benzene rings is 2. The topological polar surface area (TPSA) is 56.8 Å². The van der Waals surface area contributed by atoms with Crippen molar-refractivity contribution in [3.8, 4) is 5.75 Å². The van der Waals surface area contributed by atoms with Gasteiger partial charge in [0.1, 0.15) is 24.3 Å². The Morgan fingerprint density at radius 1 is 1.21 bits per heavy atom. The molecule has 1 aliphatic heterocycles. The first kappa shape index (κ1) is 18.9. The maximum absolute atomic E-state index is 13.3. The van der Waals surface area contributed by atoms with Gasteiger partial charge in [-0.3, -0.25) is 4.79 Å². The molecule has 148 valence electrons. The molecule has 4 rings (SSSR count). The highest BCUT2D eigenvalue weighted by molar-refractivity contribution is 5.82. The lowest BCUT2D eigenvalue weighted by molar-refractivity contribution is -0.136. The molecule has 3 atom stereocenters. The van der Waals surface area contributed by atoms with Crippen LogP contribution in [0.15, 0.2) is 48.5 Å². The lowest BCUT2D eigenvalue weighted by Crippen LogP contribution is -2.48. The Labute approximate surface area is 163 Å². The first-order valence-corrected chi connectivity index (χ1v) is 9.57. The molecule has 1 unspecified atom stereocenters. The summed E-state index contributed by atoms with van der Waals surface area (Å²) in [5, 5.41) is 3.01. The highest BCUT2D eigenvalue weighted by atomic mass is 19.1. The van der Waals surface area contributed by atoms with E-state index in [2.05, 4.69) is 5.32 Å². The van der Waals surface area contributed by atoms with Crippen LogP contribution >= 0.6 is 0 Å². The number of fused-ring (bicyclic) bond motifs is 1. The van der Waals surface area contributed by atoms with Crippen molar-refractivity contribution in [1.82, 2.24) is 5.32 Å². The number of para-hydroxylation sites is 1. The molecule has 28 heavy (non-hydrogen) atoms. The van der Waals surface area contributed by atoms with Crippen molar-refractivity contribution >= 4 is 5.91 Å². The van der Waals surface area contributed by atoms with Gasteiger partial charge in [0, 0.05) is 12.7 Å². The summed E-state index contributed by atoms with van der Waals surface area (Å²) in [5.74, 6) is 0.649. The molecule has 0 bridgehead atoms. The molecule has 1 heterocycles. The first-order valence-electron chi connectivity index (χ1n) is 9.57. The van der Waals surface area contributed by atoms with E-state index in [1.807, 2.05) is 24.3 Å². The molecule has 2 aromatic rings. The summed E-state index contributed by atoms with van der Waals surface area (Å²) >= 11 is 0. The molecule has 1 aliphatic carbocycles. The molecule has 1 amide bonds. The second-order valence-electron chi connectivity index (χ2n) is 7.33. The fourth-order valence-corrected chi connectivity index (χ4v) is 3.48. The molecule has 5 nitrogen and oxygen atoms in total. The van der Waals surface area contributed by atoms with Gasteiger partial charge in [-0.25, -0.2) is 4.39 Å². The molecule has 6 heteroatoms. The zero-order valence-corrected chi connectivity index (χ0v) is 15.8. The van der Waals surface area contributed by atoms with Crippen LogP contribution in [0.2, 0.25) is 0 Å². The van der Waals surface area contributed by atoms with E-state index in [0.717, 1.165) is 24.2 Å². The monoisotopic (exact) mass is 385 g/mol. The fraction of sp³-hybridized carbons (Fsp3) is 0.409. The number of carbonyl (C=O) groups excluding carboxylic acids is 1. The SMILES string of the molecule is CO[C@H]1c2ccccc2OC[C@@H]1NC(=O)C(OCC1CC1)c1ccc(F)cc1. The highest BCUT2D eigenvalue weighted by Crippen LogP contribution is 2.35. The van der Waals surface area contributed by atoms with E-state index in [4.69, 9.17) is 14.2 Å². The van der Waals surface area contributed by atoms with E-state index in [1.54, 1.807) is 19.2 Å². The Bertz CT molecular complexity index is 822. The number of rotatable bonds is 7. The van der Waals surface area contributed by atoms with Gasteiger partial charge in [-0.1, -0.05) is 30.3 Å². The van der Waals surface area contributed by atoms with Gasteiger partial charge in [-0.2, -0.15) is 0 Å². The third kappa shape index (κ3) is 4.18. The van der Waals surface area contributed by atoms with Crippen LogP contribution in [-0.2, 0) is 14.3 Å². The normalized spacial score (nSPS) is 22.1. The third-order valence-electron chi connectivity index (χ3n) is 5.20. The van der Waals surface area contributed by atoms with Crippen molar-refractivity contribution < 1.29 is 23.4 Å². The van der Waals surface area contributed by atoms with Gasteiger partial charge in [-0.05, 0) is 42.5 Å². The zero-order chi connectivity index (χ0) is 19.5. The van der Waals surface area contributed by atoms with E-state index in [9.17, 15) is 9.18 Å². The quantitative estimate of drug-likeness (QED) is 0.792. The smallest absolute Gasteiger partial charge is 0.254 e. The van der Waals surface area contributed by atoms with E-state index >= 15 is 0 Å². The zero-order valence-electron chi connectivity index (χ0n) is 15.8. The summed E-state index contributed by atoms with van der Waals surface area (Å²) in [6, 6.07) is 13.2. The number of methoxy groups -OCH3 is 1. The van der Waals surface area contributed by atoms with Gasteiger partial charge in [0.25, 0.3) is 5.91 Å². The Morgan fingerprint density at radius 3 is 2.68 bits per heavy atom. The summed E-state index contributed by atoms with van der Waals surface area (Å²) < 4.78 is 30.7. The van der Waals surface area contributed by atoms with E-state index in [1.165, 1.54) is 12.1 Å². The predicted octanol–water partition coefficient (Wildman–Crippen LogP) is 3.56. The molecule has 1 saturated carbocycles. The second-order valence-corrected chi connectivity index (χ2v) is 7.33. The maximum atomic E-state index is 13.3. The maximum Gasteiger partial charge on any atom is 0.254 e. The lowest BCUT2D eigenvalue weighted by atomic mass is 9.98. The van der Waals surface area contributed by atoms with Gasteiger partial charge in [-0.15, -0.1) is 0 Å². The average molecular weight is 385 g/mol. The molecule has 0 saturated heterocycles. The minimum absolute atomic E-state index is 0.276. The minimum Gasteiger partial charge on any atom is -0.491 e. The van der Waals surface area contributed by atoms with Crippen molar-refractivity contribution in [2.75, 3.05) is 20.3 Å². The first-order chi connectivity index (χ1) is 13.7. The lowest BCUT2D eigenvalue weighted by Gasteiger charge is -2.34. The molecule has 1 fully saturated rings. The summed E-state index contributed by atoms with van der Waals surface area (Å²) in [5.41, 5.74) is 1.53. The van der Waals surface area contributed by atoms with Gasteiger partial charge >= 0.3 is 0 Å². The largest absolute Gasteiger partial charge is 0.491 e. The van der Waals surface area contributed by atoms with Crippen molar-refractivity contribution in [2.45, 2.75) is 31.1 Å². The third-order valence-corrected chi connectivity index (χ3v) is 5.20. The van der Waals surface area contributed by atoms with Crippen LogP contribution in [0.1, 0.15) is 36.2 Å². The second kappa shape index (κ2) is 8.29. The van der Waals surface area contributed by atoms with Crippen LogP contribution < -0.4 is 10.1 Å². The molecule has 1 N–H and O–H groups in total. The number of ether oxygens (including phenoxy) is 3. The van der Waals surface area contributed by atoms with Crippen LogP contribution in [-0.4, -0.2) is 32.3 Å². The fourth-order valence-electron chi connectivity index (χ4n) is 3.48. The van der Waals surface area contributed by atoms with Crippen molar-refractivity contribution in [3.05, 3.63) is 65.5 Å². The van der Waals surface area contributed by atoms with Gasteiger partial charge < -0.3 is 19.5 Å². The Hall–Kier alpha value is -2.44. The van der Waals surface area contributed by atoms with Crippen molar-refractivity contribution in [3.63, 3.8) is 0 Å². The summed E-state index contributed by atoms with van der Waals surface area (Å²) in [6.45, 7) is 0.827. The van der Waals surface area contributed by atoms with Crippen LogP contribution in [0.5, 0.6) is 5.75 Å². The van der Waals surface area contributed by atoms with Gasteiger partial charge in [0.15, 0.2) is 6.10 Å². The number of amides is 1. The molecular weight excluding hydrogens is 361 g/mol. The van der Waals surface area contributed by atoms with Crippen LogP contribution in [0.4, 0.5) is 4.39 Å². The molecule has 0 radical (unpaired) electrons. The standard InChI is InChI=1S/C22H24FNO4/c1-26-21-17-4-2-3-5-19(17)27-13-18(21)24-22(25)20(28-12-14-6-7-14)15-8-10-16(23)11-9-15/h2-5,8-11,14,18,20-21H,6-7,12-13H2,1H3,(H,24,25)/t18-,20?,21-/m0/s1. The number of carbonyl (C=O) groups is 1. The van der Waals surface area contributed by atoms with Crippen LogP contribution in [0.3, 0.4) is 0 Å². The van der Waals surface area contributed by atoms with Crippen molar-refractivity contribution in [1.29, 1.82) is 0 Å². The number of hydrogen-bond donors (Lipinski definition) is 1. The predicted molar refractivity (Wildman–Crippen MR) is 101 cm³/mol. The summed E-state index contributed by atoms with van der Waals surface area (Å²) in [4.78, 5) is 13.1. The van der Waals surface area contributed by atoms with Crippen LogP contribution in [0, 0.1) is 11.7 Å². The van der Waals surface area contributed by atoms with Crippen LogP contribution in [0.25, 0.3) is 0 Å². The Morgan fingerprint density at radius 2 is 1.96 bits per heavy atom. The van der Waals surface area contributed by atoms with E-state index in [-0.39, 0.29) is 23.9 Å². The van der Waals surface area contributed by atoms with E-state index in [0.29, 0.717) is 24.7 Å². The Balaban J connectivity index is 1.50. The minimum atomic E-state index is -0.795. The van der Waals surface area contributed by atoms with E-state index < -0.39 is 6.10 Å². The van der Waals surface area contributed by atoms with Gasteiger partial charge in [0.05, 0.1) is 12.6 Å². The van der Waals surface area contributed by atoms with Gasteiger partial charge in [0.2, 0.25) is 0 Å². The molecule has 2 aromatic carbocycles. The number of nitrogens with one attached hydrogen (secondary N) is 1. The summed E-state index contributed by atoms with van der Waals surface area (Å²) in [7, 11) is 1.62. The average Bonchev–Trinajstić information content (AvgIpc) is 3.54. The number of halogens is 1. The van der Waals surface area contributed by atoms with Crippen molar-refractivity contribution in [2.24, 2.45) is 5.92 Å². The summed E-state index contributed by atoms with van der Waals surface area (Å²) in [6.07, 6.45) is 1.13. The molecule has 0 spiro atoms. The molecule has 2 aliphatic rings. The number of hydrogen-bond acceptors (Lipinski definition) is 4. The molecular formula is C22H24FNO4. The molecule has 0 aromatic heterocycles. The highest BCUT2D eigenvalue weighted by Gasteiger charge is 2.35.